The Morgan fingerprint density at radius 1 is 1.03 bits per heavy atom. The van der Waals surface area contributed by atoms with Crippen LogP contribution in [0.25, 0.3) is 11.0 Å². The first-order valence-electron chi connectivity index (χ1n) is 12.8. The molecule has 2 fully saturated rings. The number of amides is 1. The number of fused-ring (bicyclic) bond motifs is 9. The van der Waals surface area contributed by atoms with Crippen LogP contribution in [0.5, 0.6) is 0 Å². The van der Waals surface area contributed by atoms with Crippen LogP contribution in [0.4, 0.5) is 0 Å². The first-order valence-corrected chi connectivity index (χ1v) is 12.8. The van der Waals surface area contributed by atoms with Crippen LogP contribution in [-0.2, 0) is 9.31 Å². The fourth-order valence-electron chi connectivity index (χ4n) is 6.37. The molecule has 1 aromatic heterocycles. The molecule has 3 aromatic rings. The molecule has 4 heterocycles. The van der Waals surface area contributed by atoms with Crippen molar-refractivity contribution in [2.45, 2.75) is 76.7 Å². The molecule has 0 unspecified atom stereocenters. The smallest absolute Gasteiger partial charge is 0.399 e. The third-order valence-corrected chi connectivity index (χ3v) is 9.32. The van der Waals surface area contributed by atoms with Crippen molar-refractivity contribution in [2.75, 3.05) is 7.05 Å². The van der Waals surface area contributed by atoms with Gasteiger partial charge in [0.1, 0.15) is 5.82 Å². The number of aromatic nitrogens is 2. The molecular formula is C28H32BN3O3. The number of carbonyl (C=O) groups is 1. The molecule has 2 bridgehead atoms. The molecule has 2 aromatic carbocycles. The van der Waals surface area contributed by atoms with E-state index in [1.54, 1.807) is 0 Å². The Morgan fingerprint density at radius 3 is 2.43 bits per heavy atom. The highest BCUT2D eigenvalue weighted by Crippen LogP contribution is 2.54. The molecule has 1 saturated carbocycles. The van der Waals surface area contributed by atoms with Gasteiger partial charge < -0.3 is 18.8 Å². The summed E-state index contributed by atoms with van der Waals surface area (Å²) in [7, 11) is 1.51. The molecule has 4 atom stereocenters. The van der Waals surface area contributed by atoms with Crippen molar-refractivity contribution in [1.82, 2.24) is 14.5 Å². The maximum atomic E-state index is 13.5. The number of imidazole rings is 1. The maximum Gasteiger partial charge on any atom is 0.494 e. The molecule has 1 saturated heterocycles. The summed E-state index contributed by atoms with van der Waals surface area (Å²) in [5.41, 5.74) is 5.68. The van der Waals surface area contributed by atoms with Crippen LogP contribution in [0, 0.1) is 5.92 Å². The minimum Gasteiger partial charge on any atom is -0.399 e. The van der Waals surface area contributed by atoms with E-state index >= 15 is 0 Å². The van der Waals surface area contributed by atoms with Crippen LogP contribution in [-0.4, -0.2) is 45.7 Å². The Labute approximate surface area is 206 Å². The highest BCUT2D eigenvalue weighted by atomic mass is 16.7. The van der Waals surface area contributed by atoms with Crippen molar-refractivity contribution in [1.29, 1.82) is 0 Å². The molecule has 3 aliphatic heterocycles. The summed E-state index contributed by atoms with van der Waals surface area (Å²) in [6.45, 7) is 10.6. The fraction of sp³-hybridized carbons (Fsp3) is 0.500. The second-order valence-electron chi connectivity index (χ2n) is 12.0. The van der Waals surface area contributed by atoms with Crippen molar-refractivity contribution >= 4 is 29.5 Å². The van der Waals surface area contributed by atoms with Crippen LogP contribution in [0.15, 0.2) is 36.4 Å². The van der Waals surface area contributed by atoms with E-state index in [0.29, 0.717) is 11.8 Å². The number of rotatable bonds is 2. The standard InChI is InChI=1S/C28H32BN3O3/c1-15-12-19(15)17-8-7-9-18-24(17)22-14-23(31(6)26(18)33)25-30-20-11-10-16(13-21(20)32(22)25)29-34-27(2,3)28(4,5)35-29/h7-11,13,15,19,22-23H,12,14H2,1-6H3/t15-,19-,22-,23-/m1/s1. The third-order valence-electron chi connectivity index (χ3n) is 9.32. The SMILES string of the molecule is C[C@@H]1C[C@H]1c1cccc2c1[C@H]1C[C@H](c3nc4ccc(B5OC(C)(C)C(C)(C)O5)cc4n31)N(C)C2=O. The van der Waals surface area contributed by atoms with Gasteiger partial charge in [-0.3, -0.25) is 4.79 Å². The van der Waals surface area contributed by atoms with Crippen LogP contribution < -0.4 is 5.46 Å². The molecule has 7 heteroatoms. The number of carbonyl (C=O) groups excluding carboxylic acids is 1. The van der Waals surface area contributed by atoms with E-state index in [-0.39, 0.29) is 18.0 Å². The highest BCUT2D eigenvalue weighted by Gasteiger charge is 2.52. The average Bonchev–Trinajstić information content (AvgIpc) is 3.19. The summed E-state index contributed by atoms with van der Waals surface area (Å²) in [4.78, 5) is 20.5. The van der Waals surface area contributed by atoms with Crippen molar-refractivity contribution in [3.8, 4) is 0 Å². The summed E-state index contributed by atoms with van der Waals surface area (Å²) < 4.78 is 15.1. The van der Waals surface area contributed by atoms with Gasteiger partial charge in [-0.05, 0) is 80.7 Å². The summed E-state index contributed by atoms with van der Waals surface area (Å²) in [5.74, 6) is 2.30. The van der Waals surface area contributed by atoms with Gasteiger partial charge in [-0.15, -0.1) is 0 Å². The van der Waals surface area contributed by atoms with Crippen molar-refractivity contribution in [3.05, 3.63) is 58.9 Å². The summed E-state index contributed by atoms with van der Waals surface area (Å²) in [5, 5.41) is 0. The van der Waals surface area contributed by atoms with E-state index < -0.39 is 18.3 Å². The summed E-state index contributed by atoms with van der Waals surface area (Å²) in [6, 6.07) is 12.7. The Morgan fingerprint density at radius 2 is 1.74 bits per heavy atom. The van der Waals surface area contributed by atoms with Gasteiger partial charge in [0.25, 0.3) is 5.91 Å². The first-order chi connectivity index (χ1) is 16.6. The Bertz CT molecular complexity index is 1390. The topological polar surface area (TPSA) is 56.6 Å². The number of nitrogens with zero attached hydrogens (tertiary/aromatic N) is 3. The van der Waals surface area contributed by atoms with Crippen molar-refractivity contribution in [2.24, 2.45) is 5.92 Å². The van der Waals surface area contributed by atoms with E-state index in [1.165, 1.54) is 17.5 Å². The van der Waals surface area contributed by atoms with Gasteiger partial charge in [-0.1, -0.05) is 25.1 Å². The van der Waals surface area contributed by atoms with Gasteiger partial charge in [0.15, 0.2) is 0 Å². The second kappa shape index (κ2) is 6.77. The van der Waals surface area contributed by atoms with Gasteiger partial charge in [-0.25, -0.2) is 4.98 Å². The molecule has 0 N–H and O–H groups in total. The lowest BCUT2D eigenvalue weighted by atomic mass is 9.79. The van der Waals surface area contributed by atoms with Gasteiger partial charge in [0.2, 0.25) is 0 Å². The molecular weight excluding hydrogens is 437 g/mol. The predicted octanol–water partition coefficient (Wildman–Crippen LogP) is 4.58. The second-order valence-corrected chi connectivity index (χ2v) is 12.0. The monoisotopic (exact) mass is 469 g/mol. The molecule has 0 radical (unpaired) electrons. The first kappa shape index (κ1) is 21.6. The summed E-state index contributed by atoms with van der Waals surface area (Å²) in [6.07, 6.45) is 2.06. The molecule has 7 rings (SSSR count). The number of benzene rings is 2. The van der Waals surface area contributed by atoms with E-state index in [9.17, 15) is 4.79 Å². The van der Waals surface area contributed by atoms with Crippen LogP contribution in [0.2, 0.25) is 0 Å². The van der Waals surface area contributed by atoms with Crippen molar-refractivity contribution in [3.63, 3.8) is 0 Å². The van der Waals surface area contributed by atoms with Crippen molar-refractivity contribution < 1.29 is 14.1 Å². The predicted molar refractivity (Wildman–Crippen MR) is 136 cm³/mol. The minimum absolute atomic E-state index is 0.0305. The fourth-order valence-corrected chi connectivity index (χ4v) is 6.37. The van der Waals surface area contributed by atoms with Gasteiger partial charge in [0.05, 0.1) is 34.3 Å². The molecule has 0 spiro atoms. The number of hydrogen-bond acceptors (Lipinski definition) is 4. The lowest BCUT2D eigenvalue weighted by molar-refractivity contribution is 0.00578. The lowest BCUT2D eigenvalue weighted by Gasteiger charge is -2.32. The van der Waals surface area contributed by atoms with E-state index in [2.05, 4.69) is 69.5 Å². The molecule has 6 nitrogen and oxygen atoms in total. The van der Waals surface area contributed by atoms with Gasteiger partial charge >= 0.3 is 7.12 Å². The van der Waals surface area contributed by atoms with Gasteiger partial charge in [-0.2, -0.15) is 0 Å². The highest BCUT2D eigenvalue weighted by molar-refractivity contribution is 6.62. The molecule has 35 heavy (non-hydrogen) atoms. The third kappa shape index (κ3) is 2.85. The zero-order valence-corrected chi connectivity index (χ0v) is 21.3. The largest absolute Gasteiger partial charge is 0.494 e. The van der Waals surface area contributed by atoms with E-state index in [4.69, 9.17) is 14.3 Å². The molecule has 180 valence electrons. The molecule has 4 aliphatic rings. The zero-order chi connectivity index (χ0) is 24.4. The lowest BCUT2D eigenvalue weighted by Crippen LogP contribution is -2.41. The number of hydrogen-bond donors (Lipinski definition) is 0. The minimum atomic E-state index is -0.418. The Hall–Kier alpha value is -2.64. The van der Waals surface area contributed by atoms with E-state index in [1.807, 2.05) is 18.0 Å². The normalized spacial score (nSPS) is 29.9. The van der Waals surface area contributed by atoms with Crippen LogP contribution >= 0.6 is 0 Å². The van der Waals surface area contributed by atoms with Crippen LogP contribution in [0.3, 0.4) is 0 Å². The Balaban J connectivity index is 1.40. The quantitative estimate of drug-likeness (QED) is 0.516. The van der Waals surface area contributed by atoms with Crippen LogP contribution in [0.1, 0.15) is 92.8 Å². The molecule has 1 amide bonds. The Kier molecular flexibility index (Phi) is 4.18. The average molecular weight is 469 g/mol. The van der Waals surface area contributed by atoms with E-state index in [0.717, 1.165) is 34.3 Å². The maximum absolute atomic E-state index is 13.5. The molecule has 1 aliphatic carbocycles. The van der Waals surface area contributed by atoms with Gasteiger partial charge in [0, 0.05) is 19.0 Å². The summed E-state index contributed by atoms with van der Waals surface area (Å²) >= 11 is 0. The zero-order valence-electron chi connectivity index (χ0n) is 21.3.